The molecule has 2 fully saturated rings. The van der Waals surface area contributed by atoms with Crippen molar-refractivity contribution in [1.82, 2.24) is 39.6 Å². The highest BCUT2D eigenvalue weighted by molar-refractivity contribution is 5.93. The van der Waals surface area contributed by atoms with Crippen LogP contribution in [0, 0.1) is 11.8 Å². The van der Waals surface area contributed by atoms with E-state index >= 15 is 0 Å². The summed E-state index contributed by atoms with van der Waals surface area (Å²) in [6.07, 6.45) is 5.25. The second-order valence-electron chi connectivity index (χ2n) is 11.0. The molecule has 0 radical (unpaired) electrons. The van der Waals surface area contributed by atoms with E-state index < -0.39 is 11.5 Å². The highest BCUT2D eigenvalue weighted by Crippen LogP contribution is 2.32. The van der Waals surface area contributed by atoms with Gasteiger partial charge in [-0.3, -0.25) is 19.2 Å². The molecule has 40 heavy (non-hydrogen) atoms. The normalized spacial score (nSPS) is 23.2. The fourth-order valence-electron chi connectivity index (χ4n) is 5.94. The van der Waals surface area contributed by atoms with Crippen LogP contribution in [0.1, 0.15) is 41.4 Å². The SMILES string of the molecule is COCCN1CCC(C(=O)N2C[C@@H]3CC(=O)NCCN(C)C(=O)c4cccn(c4=O)Cc4cn(nn4)[C@@H]3C2)CC1. The molecular weight excluding hydrogens is 516 g/mol. The number of likely N-dealkylation sites (N-methyl/N-ethyl adjacent to an activating group) is 1. The molecule has 0 aromatic carbocycles. The summed E-state index contributed by atoms with van der Waals surface area (Å²) in [7, 11) is 3.31. The van der Waals surface area contributed by atoms with E-state index in [1.54, 1.807) is 37.3 Å². The Morgan fingerprint density at radius 3 is 2.73 bits per heavy atom. The summed E-state index contributed by atoms with van der Waals surface area (Å²) < 4.78 is 8.36. The van der Waals surface area contributed by atoms with Gasteiger partial charge in [0.05, 0.1) is 25.4 Å². The van der Waals surface area contributed by atoms with E-state index in [9.17, 15) is 19.2 Å². The predicted octanol–water partition coefficient (Wildman–Crippen LogP) is -0.562. The molecule has 216 valence electrons. The Labute approximate surface area is 233 Å². The van der Waals surface area contributed by atoms with Crippen LogP contribution in [0.4, 0.5) is 0 Å². The van der Waals surface area contributed by atoms with Gasteiger partial charge in [-0.05, 0) is 38.1 Å². The number of methoxy groups -OCH3 is 1. The van der Waals surface area contributed by atoms with E-state index in [-0.39, 0.29) is 61.3 Å². The van der Waals surface area contributed by atoms with Gasteiger partial charge in [0.25, 0.3) is 11.5 Å². The van der Waals surface area contributed by atoms with Gasteiger partial charge >= 0.3 is 0 Å². The zero-order valence-electron chi connectivity index (χ0n) is 23.2. The average Bonchev–Trinajstić information content (AvgIpc) is 3.59. The van der Waals surface area contributed by atoms with Gasteiger partial charge in [-0.15, -0.1) is 5.10 Å². The number of piperidine rings is 1. The van der Waals surface area contributed by atoms with Crippen LogP contribution in [0.2, 0.25) is 0 Å². The zero-order valence-corrected chi connectivity index (χ0v) is 23.2. The molecule has 0 aliphatic carbocycles. The van der Waals surface area contributed by atoms with E-state index in [4.69, 9.17) is 4.74 Å². The fourth-order valence-corrected chi connectivity index (χ4v) is 5.94. The Balaban J connectivity index is 1.35. The first-order chi connectivity index (χ1) is 19.3. The molecule has 4 bridgehead atoms. The number of nitrogens with one attached hydrogen (secondary N) is 1. The summed E-state index contributed by atoms with van der Waals surface area (Å²) in [4.78, 5) is 58.1. The number of fused-ring (bicyclic) bond motifs is 6. The maximum absolute atomic E-state index is 13.6. The van der Waals surface area contributed by atoms with Crippen molar-refractivity contribution in [3.63, 3.8) is 0 Å². The number of hydrogen-bond donors (Lipinski definition) is 1. The summed E-state index contributed by atoms with van der Waals surface area (Å²) in [5.74, 6) is -0.593. The molecule has 1 N–H and O–H groups in total. The molecule has 13 nitrogen and oxygen atoms in total. The van der Waals surface area contributed by atoms with Gasteiger partial charge in [0.2, 0.25) is 11.8 Å². The van der Waals surface area contributed by atoms with Crippen LogP contribution in [0.3, 0.4) is 0 Å². The van der Waals surface area contributed by atoms with E-state index in [1.165, 1.54) is 15.5 Å². The number of amides is 3. The summed E-state index contributed by atoms with van der Waals surface area (Å²) in [5.41, 5.74) is 0.211. The van der Waals surface area contributed by atoms with Crippen molar-refractivity contribution in [2.45, 2.75) is 31.8 Å². The van der Waals surface area contributed by atoms with E-state index in [0.29, 0.717) is 25.4 Å². The van der Waals surface area contributed by atoms with Gasteiger partial charge in [-0.2, -0.15) is 0 Å². The molecule has 3 amide bonds. The highest BCUT2D eigenvalue weighted by Gasteiger charge is 2.40. The third-order valence-electron chi connectivity index (χ3n) is 8.31. The summed E-state index contributed by atoms with van der Waals surface area (Å²) in [6, 6.07) is 2.96. The van der Waals surface area contributed by atoms with Crippen molar-refractivity contribution >= 4 is 17.7 Å². The van der Waals surface area contributed by atoms with Crippen LogP contribution >= 0.6 is 0 Å². The first kappa shape index (κ1) is 28.0. The lowest BCUT2D eigenvalue weighted by atomic mass is 9.95. The smallest absolute Gasteiger partial charge is 0.263 e. The van der Waals surface area contributed by atoms with Gasteiger partial charge in [0.15, 0.2) is 0 Å². The molecule has 13 heteroatoms. The quantitative estimate of drug-likeness (QED) is 0.532. The first-order valence-corrected chi connectivity index (χ1v) is 14.0. The van der Waals surface area contributed by atoms with Crippen molar-refractivity contribution in [2.75, 3.05) is 66.6 Å². The minimum atomic E-state index is -0.409. The van der Waals surface area contributed by atoms with Gasteiger partial charge in [0.1, 0.15) is 11.3 Å². The summed E-state index contributed by atoms with van der Waals surface area (Å²) in [6.45, 7) is 4.90. The highest BCUT2D eigenvalue weighted by atomic mass is 16.5. The third kappa shape index (κ3) is 6.09. The van der Waals surface area contributed by atoms with Crippen molar-refractivity contribution in [1.29, 1.82) is 0 Å². The number of aromatic nitrogens is 4. The second-order valence-corrected chi connectivity index (χ2v) is 11.0. The number of ether oxygens (including phenoxy) is 1. The van der Waals surface area contributed by atoms with Crippen molar-refractivity contribution in [3.05, 3.63) is 46.1 Å². The topological polar surface area (TPSA) is 135 Å². The van der Waals surface area contributed by atoms with Gasteiger partial charge < -0.3 is 29.3 Å². The first-order valence-electron chi connectivity index (χ1n) is 14.0. The van der Waals surface area contributed by atoms with Crippen LogP contribution in [0.25, 0.3) is 0 Å². The Kier molecular flexibility index (Phi) is 8.60. The standard InChI is InChI=1S/C27H38N8O5/c1-31-11-7-28-24(36)14-20-15-34(25(37)19-5-9-32(10-6-19)12-13-40-2)18-23(20)35-17-21(29-30-35)16-33-8-3-4-22(26(31)38)27(33)39/h3-4,8,17,19-20,23H,5-7,9-16,18H2,1-2H3,(H,28,36)/t20-,23+/m0/s1. The molecule has 5 rings (SSSR count). The van der Waals surface area contributed by atoms with Crippen LogP contribution in [-0.2, 0) is 20.9 Å². The Morgan fingerprint density at radius 1 is 1.15 bits per heavy atom. The van der Waals surface area contributed by atoms with Crippen molar-refractivity contribution in [2.24, 2.45) is 11.8 Å². The molecule has 5 heterocycles. The summed E-state index contributed by atoms with van der Waals surface area (Å²) >= 11 is 0. The lowest BCUT2D eigenvalue weighted by molar-refractivity contribution is -0.136. The van der Waals surface area contributed by atoms with Gasteiger partial charge in [-0.25, -0.2) is 4.68 Å². The average molecular weight is 555 g/mol. The minimum Gasteiger partial charge on any atom is -0.383 e. The van der Waals surface area contributed by atoms with Crippen LogP contribution in [0.5, 0.6) is 0 Å². The van der Waals surface area contributed by atoms with Gasteiger partial charge in [-0.1, -0.05) is 5.21 Å². The molecule has 2 saturated heterocycles. The Bertz CT molecular complexity index is 1280. The van der Waals surface area contributed by atoms with E-state index in [2.05, 4.69) is 20.5 Å². The Morgan fingerprint density at radius 2 is 1.95 bits per heavy atom. The molecule has 2 atom stereocenters. The van der Waals surface area contributed by atoms with Crippen LogP contribution in [0.15, 0.2) is 29.3 Å². The van der Waals surface area contributed by atoms with Gasteiger partial charge in [0, 0.05) is 71.3 Å². The molecular formula is C27H38N8O5. The second kappa shape index (κ2) is 12.3. The maximum atomic E-state index is 13.6. The number of carbonyl (C=O) groups is 3. The largest absolute Gasteiger partial charge is 0.383 e. The lowest BCUT2D eigenvalue weighted by Crippen LogP contribution is -2.43. The zero-order chi connectivity index (χ0) is 28.2. The lowest BCUT2D eigenvalue weighted by Gasteiger charge is -2.33. The molecule has 3 aliphatic heterocycles. The van der Waals surface area contributed by atoms with Crippen molar-refractivity contribution in [3.8, 4) is 0 Å². The van der Waals surface area contributed by atoms with Crippen molar-refractivity contribution < 1.29 is 19.1 Å². The van der Waals surface area contributed by atoms with E-state index in [1.807, 2.05) is 4.90 Å². The van der Waals surface area contributed by atoms with E-state index in [0.717, 1.165) is 32.5 Å². The Hall–Kier alpha value is -3.58. The number of likely N-dealkylation sites (tertiary alicyclic amines) is 2. The molecule has 0 unspecified atom stereocenters. The predicted molar refractivity (Wildman–Crippen MR) is 145 cm³/mol. The summed E-state index contributed by atoms with van der Waals surface area (Å²) in [5, 5.41) is 11.5. The minimum absolute atomic E-state index is 0.0350. The molecule has 2 aromatic heterocycles. The van der Waals surface area contributed by atoms with Crippen LogP contribution in [-0.4, -0.2) is 119 Å². The number of rotatable bonds is 4. The maximum Gasteiger partial charge on any atom is 0.263 e. The van der Waals surface area contributed by atoms with Crippen LogP contribution < -0.4 is 10.9 Å². The molecule has 3 aliphatic rings. The number of carbonyl (C=O) groups excluding carboxylic acids is 3. The molecule has 0 spiro atoms. The fraction of sp³-hybridized carbons (Fsp3) is 0.630. The third-order valence-corrected chi connectivity index (χ3v) is 8.31. The number of pyridine rings is 1. The molecule has 0 saturated carbocycles. The molecule has 2 aromatic rings. The number of hydrogen-bond acceptors (Lipinski definition) is 8. The number of nitrogens with zero attached hydrogens (tertiary/aromatic N) is 7. The monoisotopic (exact) mass is 554 g/mol.